The summed E-state index contributed by atoms with van der Waals surface area (Å²) in [6.07, 6.45) is 1.83. The number of nitrogens with zero attached hydrogens (tertiary/aromatic N) is 2. The molecular weight excluding hydrogens is 308 g/mol. The Morgan fingerprint density at radius 1 is 1.00 bits per heavy atom. The Morgan fingerprint density at radius 2 is 1.76 bits per heavy atom. The molecule has 1 aromatic heterocycles. The number of nitrogen functional groups attached to an aromatic ring is 1. The lowest BCUT2D eigenvalue weighted by molar-refractivity contribution is 1.08. The van der Waals surface area contributed by atoms with Crippen molar-refractivity contribution >= 4 is 11.4 Å². The number of nitrogens with two attached hydrogens (primary N) is 2. The molecule has 0 saturated heterocycles. The fraction of sp³-hybridized carbons (Fsp3) is 0.190. The summed E-state index contributed by atoms with van der Waals surface area (Å²) in [5, 5.41) is 0. The summed E-state index contributed by atoms with van der Waals surface area (Å²) in [7, 11) is 4.11. The Balaban J connectivity index is 2.12. The van der Waals surface area contributed by atoms with Crippen LogP contribution in [0.2, 0.25) is 0 Å². The van der Waals surface area contributed by atoms with E-state index < -0.39 is 0 Å². The largest absolute Gasteiger partial charge is 0.398 e. The first-order valence-corrected chi connectivity index (χ1v) is 8.33. The summed E-state index contributed by atoms with van der Waals surface area (Å²) in [4.78, 5) is 6.76. The van der Waals surface area contributed by atoms with E-state index in [-0.39, 0.29) is 0 Å². The number of hydrogen-bond acceptors (Lipinski definition) is 4. The number of aryl methyl sites for hydroxylation is 1. The van der Waals surface area contributed by atoms with Gasteiger partial charge < -0.3 is 16.4 Å². The van der Waals surface area contributed by atoms with Crippen LogP contribution in [0.15, 0.2) is 54.7 Å². The predicted molar refractivity (Wildman–Crippen MR) is 106 cm³/mol. The minimum atomic E-state index is 0.423. The molecule has 4 heteroatoms. The highest BCUT2D eigenvalue weighted by Gasteiger charge is 2.11. The summed E-state index contributed by atoms with van der Waals surface area (Å²) in [6.45, 7) is 2.54. The van der Waals surface area contributed by atoms with Crippen LogP contribution in [0.5, 0.6) is 0 Å². The van der Waals surface area contributed by atoms with E-state index in [1.54, 1.807) is 0 Å². The van der Waals surface area contributed by atoms with E-state index >= 15 is 0 Å². The zero-order valence-electron chi connectivity index (χ0n) is 15.0. The van der Waals surface area contributed by atoms with Gasteiger partial charge in [0.1, 0.15) is 0 Å². The molecule has 1 heterocycles. The Labute approximate surface area is 149 Å². The van der Waals surface area contributed by atoms with Gasteiger partial charge in [0.05, 0.1) is 5.69 Å². The van der Waals surface area contributed by atoms with Crippen LogP contribution in [0.1, 0.15) is 11.1 Å². The van der Waals surface area contributed by atoms with Crippen LogP contribution in [0, 0.1) is 6.92 Å². The second-order valence-electron chi connectivity index (χ2n) is 6.41. The minimum Gasteiger partial charge on any atom is -0.398 e. The molecule has 0 saturated carbocycles. The molecule has 0 bridgehead atoms. The Morgan fingerprint density at radius 3 is 2.44 bits per heavy atom. The topological polar surface area (TPSA) is 68.2 Å². The summed E-state index contributed by atoms with van der Waals surface area (Å²) >= 11 is 0. The van der Waals surface area contributed by atoms with Gasteiger partial charge in [0, 0.05) is 49.3 Å². The quantitative estimate of drug-likeness (QED) is 0.713. The van der Waals surface area contributed by atoms with Crippen molar-refractivity contribution in [1.82, 2.24) is 4.98 Å². The maximum Gasteiger partial charge on any atom is 0.0780 e. The molecule has 0 unspecified atom stereocenters. The third kappa shape index (κ3) is 3.35. The molecule has 4 N–H and O–H groups in total. The first-order valence-electron chi connectivity index (χ1n) is 8.33. The number of benzene rings is 2. The lowest BCUT2D eigenvalue weighted by Gasteiger charge is -2.17. The van der Waals surface area contributed by atoms with Crippen LogP contribution < -0.4 is 16.4 Å². The predicted octanol–water partition coefficient (Wildman–Crippen LogP) is 3.83. The smallest absolute Gasteiger partial charge is 0.0780 e. The van der Waals surface area contributed by atoms with Gasteiger partial charge in [0.25, 0.3) is 0 Å². The molecule has 128 valence electrons. The van der Waals surface area contributed by atoms with Crippen molar-refractivity contribution < 1.29 is 0 Å². The zero-order valence-corrected chi connectivity index (χ0v) is 15.0. The van der Waals surface area contributed by atoms with Crippen molar-refractivity contribution in [3.63, 3.8) is 0 Å². The highest BCUT2D eigenvalue weighted by atomic mass is 15.1. The van der Waals surface area contributed by atoms with Gasteiger partial charge in [-0.15, -0.1) is 0 Å². The molecule has 0 atom stereocenters. The first kappa shape index (κ1) is 17.0. The summed E-state index contributed by atoms with van der Waals surface area (Å²) in [6, 6.07) is 16.5. The van der Waals surface area contributed by atoms with Crippen LogP contribution in [0.4, 0.5) is 11.4 Å². The molecule has 4 nitrogen and oxygen atoms in total. The maximum atomic E-state index is 5.99. The number of hydrogen-bond donors (Lipinski definition) is 2. The molecule has 0 aliphatic carbocycles. The van der Waals surface area contributed by atoms with Gasteiger partial charge in [0.2, 0.25) is 0 Å². The standard InChI is InChI=1S/C21H24N4/c1-14-11-16(7-9-20(14)25(2)3)21-18(5-4-10-24-21)15-6-8-19(23)17(12-15)13-22/h4-12H,13,22-23H2,1-3H3. The van der Waals surface area contributed by atoms with Gasteiger partial charge in [-0.1, -0.05) is 18.2 Å². The Kier molecular flexibility index (Phi) is 4.72. The lowest BCUT2D eigenvalue weighted by atomic mass is 9.96. The number of rotatable bonds is 4. The SMILES string of the molecule is Cc1cc(-c2ncccc2-c2ccc(N)c(CN)c2)ccc1N(C)C. The fourth-order valence-electron chi connectivity index (χ4n) is 3.12. The number of aromatic nitrogens is 1. The molecule has 0 aliphatic heterocycles. The molecule has 25 heavy (non-hydrogen) atoms. The lowest BCUT2D eigenvalue weighted by Crippen LogP contribution is -2.10. The van der Waals surface area contributed by atoms with Crippen LogP contribution in [-0.2, 0) is 6.54 Å². The van der Waals surface area contributed by atoms with E-state index in [1.807, 2.05) is 24.4 Å². The van der Waals surface area contributed by atoms with E-state index in [0.29, 0.717) is 6.54 Å². The van der Waals surface area contributed by atoms with Crippen molar-refractivity contribution in [1.29, 1.82) is 0 Å². The average molecular weight is 332 g/mol. The van der Waals surface area contributed by atoms with Crippen LogP contribution in [0.25, 0.3) is 22.4 Å². The highest BCUT2D eigenvalue weighted by molar-refractivity contribution is 5.82. The average Bonchev–Trinajstić information content (AvgIpc) is 2.61. The molecule has 3 rings (SSSR count). The van der Waals surface area contributed by atoms with E-state index in [1.165, 1.54) is 11.3 Å². The van der Waals surface area contributed by atoms with Crippen molar-refractivity contribution in [3.8, 4) is 22.4 Å². The molecule has 3 aromatic rings. The second kappa shape index (κ2) is 6.95. The zero-order chi connectivity index (χ0) is 18.0. The fourth-order valence-corrected chi connectivity index (χ4v) is 3.12. The molecule has 0 aliphatic rings. The number of anilines is 2. The van der Waals surface area contributed by atoms with E-state index in [4.69, 9.17) is 11.5 Å². The van der Waals surface area contributed by atoms with Crippen LogP contribution in [0.3, 0.4) is 0 Å². The third-order valence-electron chi connectivity index (χ3n) is 4.43. The normalized spacial score (nSPS) is 10.7. The summed E-state index contributed by atoms with van der Waals surface area (Å²) < 4.78 is 0. The van der Waals surface area contributed by atoms with Crippen LogP contribution in [-0.4, -0.2) is 19.1 Å². The van der Waals surface area contributed by atoms with Gasteiger partial charge >= 0.3 is 0 Å². The highest BCUT2D eigenvalue weighted by Crippen LogP contribution is 2.33. The molecular formula is C21H24N4. The molecule has 0 spiro atoms. The molecule has 2 aromatic carbocycles. The first-order chi connectivity index (χ1) is 12.0. The second-order valence-corrected chi connectivity index (χ2v) is 6.41. The molecule has 0 radical (unpaired) electrons. The minimum absolute atomic E-state index is 0.423. The Hall–Kier alpha value is -2.85. The monoisotopic (exact) mass is 332 g/mol. The Bertz CT molecular complexity index is 900. The van der Waals surface area contributed by atoms with E-state index in [2.05, 4.69) is 61.2 Å². The van der Waals surface area contributed by atoms with Crippen molar-refractivity contribution in [2.75, 3.05) is 24.7 Å². The summed E-state index contributed by atoms with van der Waals surface area (Å²) in [5.41, 5.74) is 20.1. The van der Waals surface area contributed by atoms with Gasteiger partial charge in [-0.05, 0) is 53.9 Å². The van der Waals surface area contributed by atoms with Gasteiger partial charge in [-0.25, -0.2) is 0 Å². The van der Waals surface area contributed by atoms with Gasteiger partial charge in [0.15, 0.2) is 0 Å². The maximum absolute atomic E-state index is 5.99. The van der Waals surface area contributed by atoms with Crippen molar-refractivity contribution in [3.05, 3.63) is 65.9 Å². The number of pyridine rings is 1. The van der Waals surface area contributed by atoms with E-state index in [9.17, 15) is 0 Å². The molecule has 0 fully saturated rings. The van der Waals surface area contributed by atoms with Crippen molar-refractivity contribution in [2.24, 2.45) is 5.73 Å². The van der Waals surface area contributed by atoms with Gasteiger partial charge in [-0.2, -0.15) is 0 Å². The van der Waals surface area contributed by atoms with Gasteiger partial charge in [-0.3, -0.25) is 4.98 Å². The van der Waals surface area contributed by atoms with Crippen molar-refractivity contribution in [2.45, 2.75) is 13.5 Å². The third-order valence-corrected chi connectivity index (χ3v) is 4.43. The summed E-state index contributed by atoms with van der Waals surface area (Å²) in [5.74, 6) is 0. The van der Waals surface area contributed by atoms with E-state index in [0.717, 1.165) is 33.6 Å². The van der Waals surface area contributed by atoms with Crippen LogP contribution >= 0.6 is 0 Å². The molecule has 0 amide bonds.